The van der Waals surface area contributed by atoms with Gasteiger partial charge in [-0.1, -0.05) is 6.07 Å². The normalized spacial score (nSPS) is 20.9. The van der Waals surface area contributed by atoms with Crippen LogP contribution in [0, 0.1) is 11.6 Å². The van der Waals surface area contributed by atoms with E-state index in [0.29, 0.717) is 36.3 Å². The summed E-state index contributed by atoms with van der Waals surface area (Å²) in [4.78, 5) is 22.0. The molecule has 0 radical (unpaired) electrons. The van der Waals surface area contributed by atoms with Crippen LogP contribution < -0.4 is 20.0 Å². The lowest BCUT2D eigenvalue weighted by atomic mass is 10.0. The van der Waals surface area contributed by atoms with E-state index in [1.54, 1.807) is 18.2 Å². The van der Waals surface area contributed by atoms with Crippen LogP contribution in [0.25, 0.3) is 0 Å². The van der Waals surface area contributed by atoms with Gasteiger partial charge in [0.25, 0.3) is 0 Å². The van der Waals surface area contributed by atoms with Crippen LogP contribution >= 0.6 is 0 Å². The van der Waals surface area contributed by atoms with Crippen LogP contribution in [-0.2, 0) is 4.84 Å². The number of likely N-dealkylation sites (N-methyl/N-ethyl adjacent to an activating group) is 1. The fraction of sp³-hybridized carbons (Fsp3) is 0.467. The number of piperidine rings is 1. The Bertz CT molecular complexity index is 1350. The second-order valence-electron chi connectivity index (χ2n) is 11.0. The molecule has 11 heteroatoms. The van der Waals surface area contributed by atoms with E-state index in [1.165, 1.54) is 18.5 Å². The molecule has 0 amide bonds. The summed E-state index contributed by atoms with van der Waals surface area (Å²) in [6.45, 7) is 7.01. The van der Waals surface area contributed by atoms with Crippen molar-refractivity contribution in [2.45, 2.75) is 31.3 Å². The van der Waals surface area contributed by atoms with E-state index in [0.717, 1.165) is 75.3 Å². The van der Waals surface area contributed by atoms with E-state index >= 15 is 0 Å². The standard InChI is InChI=1S/C30H37F2N7O2/c1-36-12-14-37(15-13-36)23-7-10-38(11-8-23)27-6-4-22(18-28(27)40-2)35-29-19-30(34-20-33-29)39-26(9-16-41-39)24-5-3-21(31)17-25(24)32/h3-6,17-20,23,26H,7-16H2,1-2H3,(H,33,34,35)/t26-/m1/s1. The van der Waals surface area contributed by atoms with Crippen LogP contribution in [0.4, 0.5) is 31.8 Å². The molecule has 1 N–H and O–H groups in total. The quantitative estimate of drug-likeness (QED) is 0.443. The molecule has 0 aliphatic carbocycles. The Morgan fingerprint density at radius 1 is 0.927 bits per heavy atom. The molecule has 1 atom stereocenters. The molecule has 3 aromatic rings. The van der Waals surface area contributed by atoms with Crippen LogP contribution in [0.15, 0.2) is 48.8 Å². The molecule has 3 saturated heterocycles. The van der Waals surface area contributed by atoms with Crippen molar-refractivity contribution >= 4 is 23.0 Å². The van der Waals surface area contributed by atoms with Crippen LogP contribution in [0.5, 0.6) is 5.75 Å². The van der Waals surface area contributed by atoms with Gasteiger partial charge in [0.2, 0.25) is 0 Å². The Balaban J connectivity index is 1.12. The summed E-state index contributed by atoms with van der Waals surface area (Å²) >= 11 is 0. The van der Waals surface area contributed by atoms with Gasteiger partial charge >= 0.3 is 0 Å². The maximum absolute atomic E-state index is 14.5. The first-order valence-corrected chi connectivity index (χ1v) is 14.3. The molecule has 218 valence electrons. The minimum absolute atomic E-state index is 0.366. The first kappa shape index (κ1) is 27.6. The number of halogens is 2. The fourth-order valence-corrected chi connectivity index (χ4v) is 6.11. The monoisotopic (exact) mass is 565 g/mol. The third kappa shape index (κ3) is 6.07. The molecule has 2 aromatic carbocycles. The third-order valence-electron chi connectivity index (χ3n) is 8.42. The molecule has 0 saturated carbocycles. The molecule has 4 heterocycles. The van der Waals surface area contributed by atoms with Gasteiger partial charge in [0.15, 0.2) is 5.82 Å². The van der Waals surface area contributed by atoms with Crippen molar-refractivity contribution in [3.8, 4) is 5.75 Å². The van der Waals surface area contributed by atoms with Gasteiger partial charge in [0.1, 0.15) is 29.5 Å². The highest BCUT2D eigenvalue weighted by Crippen LogP contribution is 2.37. The number of hydrogen-bond acceptors (Lipinski definition) is 9. The molecule has 3 aliphatic rings. The molecular weight excluding hydrogens is 528 g/mol. The Hall–Kier alpha value is -3.54. The van der Waals surface area contributed by atoms with Crippen LogP contribution in [-0.4, -0.2) is 85.8 Å². The Kier molecular flexibility index (Phi) is 8.18. The molecule has 0 bridgehead atoms. The minimum atomic E-state index is -0.609. The van der Waals surface area contributed by atoms with Gasteiger partial charge in [-0.2, -0.15) is 0 Å². The van der Waals surface area contributed by atoms with Crippen molar-refractivity contribution in [3.05, 3.63) is 66.0 Å². The van der Waals surface area contributed by atoms with Crippen molar-refractivity contribution in [3.63, 3.8) is 0 Å². The lowest BCUT2D eigenvalue weighted by molar-refractivity contribution is 0.0981. The number of methoxy groups -OCH3 is 1. The maximum Gasteiger partial charge on any atom is 0.158 e. The second kappa shape index (κ2) is 12.1. The molecule has 3 fully saturated rings. The number of nitrogens with one attached hydrogen (secondary N) is 1. The van der Waals surface area contributed by atoms with Crippen molar-refractivity contribution in [2.75, 3.05) is 75.3 Å². The number of aromatic nitrogens is 2. The maximum atomic E-state index is 14.5. The summed E-state index contributed by atoms with van der Waals surface area (Å²) in [5, 5.41) is 4.90. The Morgan fingerprint density at radius 2 is 1.73 bits per heavy atom. The molecule has 6 rings (SSSR count). The molecule has 3 aliphatic heterocycles. The second-order valence-corrected chi connectivity index (χ2v) is 11.0. The number of rotatable bonds is 7. The van der Waals surface area contributed by atoms with Gasteiger partial charge in [0.05, 0.1) is 25.4 Å². The summed E-state index contributed by atoms with van der Waals surface area (Å²) in [7, 11) is 3.89. The summed E-state index contributed by atoms with van der Waals surface area (Å²) in [5.41, 5.74) is 2.28. The van der Waals surface area contributed by atoms with Gasteiger partial charge in [-0.05, 0) is 38.1 Å². The molecule has 0 unspecified atom stereocenters. The highest BCUT2D eigenvalue weighted by atomic mass is 19.1. The zero-order valence-corrected chi connectivity index (χ0v) is 23.6. The van der Waals surface area contributed by atoms with Gasteiger partial charge in [0, 0.05) is 81.2 Å². The van der Waals surface area contributed by atoms with Crippen LogP contribution in [0.2, 0.25) is 0 Å². The van der Waals surface area contributed by atoms with Gasteiger partial charge in [-0.15, -0.1) is 0 Å². The van der Waals surface area contributed by atoms with Gasteiger partial charge in [-0.25, -0.2) is 23.8 Å². The molecular formula is C30H37F2N7O2. The minimum Gasteiger partial charge on any atom is -0.495 e. The van der Waals surface area contributed by atoms with Crippen LogP contribution in [0.1, 0.15) is 30.9 Å². The Labute approximate surface area is 239 Å². The molecule has 1 aromatic heterocycles. The number of benzene rings is 2. The number of anilines is 4. The fourth-order valence-electron chi connectivity index (χ4n) is 6.11. The summed E-state index contributed by atoms with van der Waals surface area (Å²) in [5.74, 6) is 0.639. The lowest BCUT2D eigenvalue weighted by Crippen LogP contribution is -2.52. The van der Waals surface area contributed by atoms with Crippen molar-refractivity contribution in [1.29, 1.82) is 0 Å². The van der Waals surface area contributed by atoms with E-state index in [9.17, 15) is 8.78 Å². The predicted octanol–water partition coefficient (Wildman–Crippen LogP) is 4.61. The van der Waals surface area contributed by atoms with E-state index in [1.807, 2.05) is 12.1 Å². The van der Waals surface area contributed by atoms with E-state index < -0.39 is 17.7 Å². The topological polar surface area (TPSA) is 69.2 Å². The predicted molar refractivity (Wildman–Crippen MR) is 155 cm³/mol. The zero-order valence-electron chi connectivity index (χ0n) is 23.6. The van der Waals surface area contributed by atoms with Gasteiger partial charge in [-0.3, -0.25) is 9.74 Å². The van der Waals surface area contributed by atoms with Crippen LogP contribution in [0.3, 0.4) is 0 Å². The van der Waals surface area contributed by atoms with Crippen molar-refractivity contribution in [1.82, 2.24) is 19.8 Å². The molecule has 0 spiro atoms. The number of nitrogens with zero attached hydrogens (tertiary/aromatic N) is 6. The number of hydroxylamine groups is 1. The first-order valence-electron chi connectivity index (χ1n) is 14.3. The smallest absolute Gasteiger partial charge is 0.158 e. The number of piperazine rings is 1. The van der Waals surface area contributed by atoms with E-state index in [-0.39, 0.29) is 0 Å². The zero-order chi connectivity index (χ0) is 28.3. The average molecular weight is 566 g/mol. The lowest BCUT2D eigenvalue weighted by Gasteiger charge is -2.42. The first-order chi connectivity index (χ1) is 20.0. The average Bonchev–Trinajstić information content (AvgIpc) is 3.48. The number of ether oxygens (including phenoxy) is 1. The number of hydrogen-bond donors (Lipinski definition) is 1. The third-order valence-corrected chi connectivity index (χ3v) is 8.42. The van der Waals surface area contributed by atoms with Crippen molar-refractivity contribution < 1.29 is 18.4 Å². The Morgan fingerprint density at radius 3 is 2.49 bits per heavy atom. The largest absolute Gasteiger partial charge is 0.495 e. The SMILES string of the molecule is COc1cc(Nc2cc(N3OCC[C@@H]3c3ccc(F)cc3F)ncn2)ccc1N1CCC(N2CCN(C)CC2)CC1. The van der Waals surface area contributed by atoms with Crippen molar-refractivity contribution in [2.24, 2.45) is 0 Å². The molecule has 9 nitrogen and oxygen atoms in total. The van der Waals surface area contributed by atoms with E-state index in [2.05, 4.69) is 43.1 Å². The van der Waals surface area contributed by atoms with Gasteiger partial charge < -0.3 is 19.9 Å². The molecule has 41 heavy (non-hydrogen) atoms. The van der Waals surface area contributed by atoms with E-state index in [4.69, 9.17) is 9.57 Å². The highest BCUT2D eigenvalue weighted by Gasteiger charge is 2.32. The summed E-state index contributed by atoms with van der Waals surface area (Å²) in [6.07, 6.45) is 4.30. The highest BCUT2D eigenvalue weighted by molar-refractivity contribution is 5.69. The summed E-state index contributed by atoms with van der Waals surface area (Å²) in [6, 6.07) is 11.7. The summed E-state index contributed by atoms with van der Waals surface area (Å²) < 4.78 is 33.8.